The zero-order valence-electron chi connectivity index (χ0n) is 16.8. The van der Waals surface area contributed by atoms with Crippen molar-refractivity contribution in [3.05, 3.63) is 66.9 Å². The summed E-state index contributed by atoms with van der Waals surface area (Å²) in [6.45, 7) is 1.41. The minimum Gasteiger partial charge on any atom is -0.508 e. The summed E-state index contributed by atoms with van der Waals surface area (Å²) in [6, 6.07) is 10.4. The predicted molar refractivity (Wildman–Crippen MR) is 122 cm³/mol. The summed E-state index contributed by atoms with van der Waals surface area (Å²) >= 11 is 6.66. The summed E-state index contributed by atoms with van der Waals surface area (Å²) in [5.41, 5.74) is 1.36. The van der Waals surface area contributed by atoms with Gasteiger partial charge < -0.3 is 19.7 Å². The van der Waals surface area contributed by atoms with Crippen molar-refractivity contribution >= 4 is 41.6 Å². The molecule has 1 amide bonds. The number of phenols is 1. The van der Waals surface area contributed by atoms with Crippen LogP contribution in [-0.2, 0) is 17.8 Å². The number of thiazole rings is 1. The molecule has 162 valence electrons. The molecule has 5 rings (SSSR count). The lowest BCUT2D eigenvalue weighted by molar-refractivity contribution is -0.114. The van der Waals surface area contributed by atoms with Gasteiger partial charge in [-0.1, -0.05) is 12.1 Å². The number of aromatic hydroxyl groups is 2. The molecule has 3 heterocycles. The third-order valence-corrected chi connectivity index (χ3v) is 6.60. The fourth-order valence-electron chi connectivity index (χ4n) is 3.56. The molecule has 2 aliphatic heterocycles. The summed E-state index contributed by atoms with van der Waals surface area (Å²) in [7, 11) is 0. The summed E-state index contributed by atoms with van der Waals surface area (Å²) in [6.07, 6.45) is 3.97. The van der Waals surface area contributed by atoms with Gasteiger partial charge in [-0.2, -0.15) is 0 Å². The molecule has 0 bridgehead atoms. The first kappa shape index (κ1) is 20.5. The minimum atomic E-state index is -0.400. The monoisotopic (exact) mass is 466 g/mol. The Morgan fingerprint density at radius 1 is 1.12 bits per heavy atom. The van der Waals surface area contributed by atoms with Crippen LogP contribution in [0.15, 0.2) is 47.0 Å². The maximum atomic E-state index is 12.6. The van der Waals surface area contributed by atoms with Gasteiger partial charge in [-0.05, 0) is 54.6 Å². The van der Waals surface area contributed by atoms with Gasteiger partial charge in [-0.25, -0.2) is 4.99 Å². The Bertz CT molecular complexity index is 1430. The van der Waals surface area contributed by atoms with Crippen LogP contribution in [0.25, 0.3) is 12.2 Å². The number of nitrogens with zero attached hydrogens (tertiary/aromatic N) is 2. The third kappa shape index (κ3) is 3.92. The number of fused-ring (bicyclic) bond motifs is 2. The lowest BCUT2D eigenvalue weighted by Crippen LogP contribution is -2.32. The van der Waals surface area contributed by atoms with E-state index in [1.807, 2.05) is 12.1 Å². The first-order valence-electron chi connectivity index (χ1n) is 9.94. The van der Waals surface area contributed by atoms with Crippen molar-refractivity contribution in [3.63, 3.8) is 0 Å². The van der Waals surface area contributed by atoms with E-state index < -0.39 is 5.91 Å². The zero-order valence-corrected chi connectivity index (χ0v) is 18.4. The van der Waals surface area contributed by atoms with Gasteiger partial charge in [0.05, 0.1) is 10.2 Å². The molecule has 0 fully saturated rings. The highest BCUT2D eigenvalue weighted by Crippen LogP contribution is 2.30. The quantitative estimate of drug-likeness (QED) is 0.454. The predicted octanol–water partition coefficient (Wildman–Crippen LogP) is 2.73. The number of carbonyl (C=O) groups is 1. The van der Waals surface area contributed by atoms with Crippen LogP contribution in [-0.4, -0.2) is 33.9 Å². The largest absolute Gasteiger partial charge is 0.508 e. The molecule has 0 atom stereocenters. The van der Waals surface area contributed by atoms with Crippen molar-refractivity contribution < 1.29 is 24.5 Å². The molecule has 9 heteroatoms. The number of amides is 1. The number of benzene rings is 2. The van der Waals surface area contributed by atoms with E-state index in [1.54, 1.807) is 41.0 Å². The first-order chi connectivity index (χ1) is 15.5. The van der Waals surface area contributed by atoms with E-state index in [0.29, 0.717) is 57.4 Å². The van der Waals surface area contributed by atoms with Gasteiger partial charge in [0.15, 0.2) is 15.5 Å². The van der Waals surface area contributed by atoms with Crippen LogP contribution in [0.1, 0.15) is 10.4 Å². The molecule has 0 aliphatic carbocycles. The van der Waals surface area contributed by atoms with Gasteiger partial charge >= 0.3 is 0 Å². The maximum Gasteiger partial charge on any atom is 0.277 e. The van der Waals surface area contributed by atoms with Gasteiger partial charge in [-0.15, -0.1) is 11.3 Å². The Morgan fingerprint density at radius 2 is 1.84 bits per heavy atom. The topological polar surface area (TPSA) is 93.3 Å². The number of phenolic OH excluding ortho intramolecular Hbond substituents is 1. The van der Waals surface area contributed by atoms with E-state index in [2.05, 4.69) is 4.99 Å². The molecule has 2 aromatic carbocycles. The molecule has 0 saturated carbocycles. The van der Waals surface area contributed by atoms with Crippen LogP contribution in [0.3, 0.4) is 0 Å². The van der Waals surface area contributed by atoms with Crippen LogP contribution < -0.4 is 20.0 Å². The standard InChI is InChI=1S/C23H18N2O5S2/c26-16-3-1-13(2-4-16)5-6-25-22(28)20(32-23(25)31)11-15-9-14-10-18-19(30-8-7-29-18)12-17(14)24-21(15)27/h1-4,9-12,26,28H,5-8H2/b15-11-. The van der Waals surface area contributed by atoms with Gasteiger partial charge in [0.1, 0.15) is 19.0 Å². The second kappa shape index (κ2) is 8.25. The van der Waals surface area contributed by atoms with Crippen molar-refractivity contribution in [2.45, 2.75) is 13.0 Å². The maximum absolute atomic E-state index is 12.6. The number of ether oxygens (including phenoxy) is 2. The van der Waals surface area contributed by atoms with Crippen molar-refractivity contribution in [3.8, 4) is 23.1 Å². The van der Waals surface area contributed by atoms with Crippen LogP contribution >= 0.6 is 23.6 Å². The number of aryl methyl sites for hydroxylation is 1. The van der Waals surface area contributed by atoms with Gasteiger partial charge in [0.2, 0.25) is 5.88 Å². The lowest BCUT2D eigenvalue weighted by atomic mass is 10.1. The van der Waals surface area contributed by atoms with Crippen LogP contribution in [0.2, 0.25) is 0 Å². The van der Waals surface area contributed by atoms with Crippen LogP contribution in [0.4, 0.5) is 0 Å². The molecule has 3 aromatic rings. The van der Waals surface area contributed by atoms with Gasteiger partial charge in [-0.3, -0.25) is 9.36 Å². The molecule has 0 radical (unpaired) electrons. The molecule has 32 heavy (non-hydrogen) atoms. The summed E-state index contributed by atoms with van der Waals surface area (Å²) in [5, 5.41) is 21.4. The Balaban J connectivity index is 1.45. The van der Waals surface area contributed by atoms with E-state index in [1.165, 1.54) is 11.3 Å². The SMILES string of the molecule is O=C1N=c2cc3c(cc2=C/C1=C/c1sc(=S)n(CCc2ccc(O)cc2)c1O)OCCO3. The van der Waals surface area contributed by atoms with E-state index in [9.17, 15) is 15.0 Å². The highest BCUT2D eigenvalue weighted by atomic mass is 32.1. The van der Waals surface area contributed by atoms with E-state index >= 15 is 0 Å². The molecular weight excluding hydrogens is 448 g/mol. The van der Waals surface area contributed by atoms with Crippen molar-refractivity contribution in [1.82, 2.24) is 4.57 Å². The Hall–Kier alpha value is -3.43. The van der Waals surface area contributed by atoms with Gasteiger partial charge in [0.25, 0.3) is 5.91 Å². The van der Waals surface area contributed by atoms with Gasteiger partial charge in [0, 0.05) is 23.4 Å². The van der Waals surface area contributed by atoms with Crippen molar-refractivity contribution in [1.29, 1.82) is 0 Å². The van der Waals surface area contributed by atoms with E-state index in [4.69, 9.17) is 21.7 Å². The average Bonchev–Trinajstić information content (AvgIpc) is 3.05. The van der Waals surface area contributed by atoms with Crippen LogP contribution in [0, 0.1) is 3.95 Å². The second-order valence-electron chi connectivity index (χ2n) is 7.34. The highest BCUT2D eigenvalue weighted by Gasteiger charge is 2.18. The summed E-state index contributed by atoms with van der Waals surface area (Å²) < 4.78 is 13.3. The molecule has 1 aromatic heterocycles. The molecule has 0 saturated heterocycles. The Labute approximate surface area is 191 Å². The van der Waals surface area contributed by atoms with E-state index in [-0.39, 0.29) is 11.6 Å². The fraction of sp³-hybridized carbons (Fsp3) is 0.174. The summed E-state index contributed by atoms with van der Waals surface area (Å²) in [4.78, 5) is 17.3. The summed E-state index contributed by atoms with van der Waals surface area (Å²) in [5.74, 6) is 1.02. The number of hydrogen-bond donors (Lipinski definition) is 2. The third-order valence-electron chi connectivity index (χ3n) is 5.21. The van der Waals surface area contributed by atoms with Crippen molar-refractivity contribution in [2.75, 3.05) is 13.2 Å². The molecule has 0 spiro atoms. The Kier molecular flexibility index (Phi) is 5.28. The molecule has 2 aliphatic rings. The molecule has 7 nitrogen and oxygen atoms in total. The normalized spacial score (nSPS) is 15.8. The highest BCUT2D eigenvalue weighted by molar-refractivity contribution is 7.73. The molecular formula is C23H18N2O5S2. The molecule has 0 unspecified atom stereocenters. The number of aromatic nitrogens is 1. The average molecular weight is 467 g/mol. The fourth-order valence-corrected chi connectivity index (χ4v) is 4.87. The zero-order chi connectivity index (χ0) is 22.2. The van der Waals surface area contributed by atoms with Crippen molar-refractivity contribution in [2.24, 2.45) is 4.99 Å². The number of carbonyl (C=O) groups excluding carboxylic acids is 1. The lowest BCUT2D eigenvalue weighted by Gasteiger charge is -2.18. The smallest absolute Gasteiger partial charge is 0.277 e. The molecule has 2 N–H and O–H groups in total. The first-order valence-corrected chi connectivity index (χ1v) is 11.2. The van der Waals surface area contributed by atoms with E-state index in [0.717, 1.165) is 10.8 Å². The number of hydrogen-bond acceptors (Lipinski definition) is 7. The number of rotatable bonds is 4. The minimum absolute atomic E-state index is 0.0143. The van der Waals surface area contributed by atoms with Crippen LogP contribution in [0.5, 0.6) is 23.1 Å². The second-order valence-corrected chi connectivity index (χ2v) is 9.02. The Morgan fingerprint density at radius 3 is 2.59 bits per heavy atom.